The Balaban J connectivity index is 1.21. The van der Waals surface area contributed by atoms with Gasteiger partial charge in [-0.3, -0.25) is 19.4 Å². The van der Waals surface area contributed by atoms with Gasteiger partial charge in [-0.25, -0.2) is 0 Å². The number of hydrogen-bond donors (Lipinski definition) is 0. The van der Waals surface area contributed by atoms with Gasteiger partial charge in [0.25, 0.3) is 0 Å². The standard InChI is InChI=1S/C35H43ClN6O4/c1-22(2)46-30-18-28-25(16-29(30)45-5)17-33(43)42(35(28)24-8-10-26(36)11-9-24)32-15-14-31(37-38-32)39(3)19-23-6-12-27(13-7-23)41-20-34(44)40(4)21-41/h8-11,14-16,18,22-23,27,35H,6-7,12-13,17,19-21H2,1-5H3. The zero-order chi connectivity index (χ0) is 32.5. The number of anilines is 2. The highest BCUT2D eigenvalue weighted by molar-refractivity contribution is 6.30. The lowest BCUT2D eigenvalue weighted by Gasteiger charge is -2.37. The van der Waals surface area contributed by atoms with Crippen molar-refractivity contribution >= 4 is 35.1 Å². The third-order valence-electron chi connectivity index (χ3n) is 9.43. The largest absolute Gasteiger partial charge is 0.493 e. The number of carbonyl (C=O) groups excluding carboxylic acids is 2. The first-order valence-electron chi connectivity index (χ1n) is 16.1. The third-order valence-corrected chi connectivity index (χ3v) is 9.69. The third kappa shape index (κ3) is 6.64. The number of likely N-dealkylation sites (N-methyl/N-ethyl adjacent to an activating group) is 1. The summed E-state index contributed by atoms with van der Waals surface area (Å²) in [7, 11) is 5.54. The number of halogens is 1. The molecule has 2 aliphatic heterocycles. The van der Waals surface area contributed by atoms with Crippen LogP contribution in [-0.2, 0) is 16.0 Å². The van der Waals surface area contributed by atoms with Crippen molar-refractivity contribution in [2.75, 3.05) is 50.8 Å². The molecule has 0 radical (unpaired) electrons. The van der Waals surface area contributed by atoms with Gasteiger partial charge in [-0.2, -0.15) is 0 Å². The van der Waals surface area contributed by atoms with Crippen molar-refractivity contribution in [1.82, 2.24) is 20.0 Å². The van der Waals surface area contributed by atoms with Crippen molar-refractivity contribution in [3.8, 4) is 11.5 Å². The van der Waals surface area contributed by atoms with E-state index in [9.17, 15) is 9.59 Å². The monoisotopic (exact) mass is 646 g/mol. The maximum Gasteiger partial charge on any atom is 0.237 e. The minimum atomic E-state index is -0.451. The van der Waals surface area contributed by atoms with E-state index in [0.29, 0.717) is 40.8 Å². The first-order valence-corrected chi connectivity index (χ1v) is 16.5. The summed E-state index contributed by atoms with van der Waals surface area (Å²) in [6.07, 6.45) is 4.59. The van der Waals surface area contributed by atoms with Gasteiger partial charge >= 0.3 is 0 Å². The summed E-state index contributed by atoms with van der Waals surface area (Å²) in [5.74, 6) is 3.16. The number of benzene rings is 2. The minimum absolute atomic E-state index is 0.0505. The second-order valence-corrected chi connectivity index (χ2v) is 13.5. The fourth-order valence-corrected chi connectivity index (χ4v) is 7.19. The molecule has 1 saturated carbocycles. The molecule has 3 aliphatic rings. The number of fused-ring (bicyclic) bond motifs is 1. The van der Waals surface area contributed by atoms with Crippen LogP contribution < -0.4 is 19.3 Å². The fraction of sp³-hybridized carbons (Fsp3) is 0.486. The van der Waals surface area contributed by atoms with E-state index in [1.165, 1.54) is 0 Å². The Morgan fingerprint density at radius 1 is 0.978 bits per heavy atom. The molecule has 2 fully saturated rings. The molecule has 1 unspecified atom stereocenters. The van der Waals surface area contributed by atoms with Gasteiger partial charge in [-0.15, -0.1) is 10.2 Å². The first kappa shape index (κ1) is 32.1. The number of rotatable bonds is 9. The predicted octanol–water partition coefficient (Wildman–Crippen LogP) is 5.33. The van der Waals surface area contributed by atoms with E-state index in [1.54, 1.807) is 12.0 Å². The van der Waals surface area contributed by atoms with E-state index < -0.39 is 6.04 Å². The number of hydrogen-bond acceptors (Lipinski definition) is 8. The number of ether oxygens (including phenoxy) is 2. The molecular weight excluding hydrogens is 604 g/mol. The Bertz CT molecular complexity index is 1560. The molecule has 0 bridgehead atoms. The Labute approximate surface area is 276 Å². The Morgan fingerprint density at radius 3 is 2.33 bits per heavy atom. The number of methoxy groups -OCH3 is 1. The summed E-state index contributed by atoms with van der Waals surface area (Å²) in [6, 6.07) is 15.3. The van der Waals surface area contributed by atoms with Crippen LogP contribution in [0.2, 0.25) is 5.02 Å². The number of carbonyl (C=O) groups is 2. The predicted molar refractivity (Wildman–Crippen MR) is 179 cm³/mol. The summed E-state index contributed by atoms with van der Waals surface area (Å²) in [6.45, 7) is 6.10. The Kier molecular flexibility index (Phi) is 9.38. The van der Waals surface area contributed by atoms with Gasteiger partial charge in [0.2, 0.25) is 11.8 Å². The van der Waals surface area contributed by atoms with Crippen LogP contribution in [-0.4, -0.2) is 84.9 Å². The summed E-state index contributed by atoms with van der Waals surface area (Å²) in [5, 5.41) is 9.82. The normalized spacial score (nSPS) is 21.9. The van der Waals surface area contributed by atoms with Gasteiger partial charge in [-0.05, 0) is 98.5 Å². The molecule has 3 heterocycles. The van der Waals surface area contributed by atoms with E-state index in [-0.39, 0.29) is 24.3 Å². The molecule has 2 amide bonds. The molecule has 1 aromatic heterocycles. The zero-order valence-electron chi connectivity index (χ0n) is 27.3. The molecule has 6 rings (SSSR count). The summed E-state index contributed by atoms with van der Waals surface area (Å²) >= 11 is 6.26. The molecule has 0 N–H and O–H groups in total. The molecule has 1 saturated heterocycles. The number of nitrogens with zero attached hydrogens (tertiary/aromatic N) is 6. The molecule has 0 spiro atoms. The lowest BCUT2D eigenvalue weighted by Crippen LogP contribution is -2.41. The van der Waals surface area contributed by atoms with Gasteiger partial charge < -0.3 is 19.3 Å². The summed E-state index contributed by atoms with van der Waals surface area (Å²) in [4.78, 5) is 33.8. The van der Waals surface area contributed by atoms with Crippen molar-refractivity contribution < 1.29 is 19.1 Å². The average Bonchev–Trinajstić information content (AvgIpc) is 3.38. The van der Waals surface area contributed by atoms with Gasteiger partial charge in [0.15, 0.2) is 23.1 Å². The van der Waals surface area contributed by atoms with E-state index in [2.05, 4.69) is 20.0 Å². The number of amides is 2. The van der Waals surface area contributed by atoms with Gasteiger partial charge in [0.05, 0.1) is 38.9 Å². The Morgan fingerprint density at radius 2 is 1.72 bits per heavy atom. The van der Waals surface area contributed by atoms with Crippen LogP contribution in [0.4, 0.5) is 11.6 Å². The molecule has 3 aromatic rings. The van der Waals surface area contributed by atoms with E-state index >= 15 is 0 Å². The van der Waals surface area contributed by atoms with E-state index in [1.807, 2.05) is 81.4 Å². The lowest BCUT2D eigenvalue weighted by molar-refractivity contribution is -0.125. The first-order chi connectivity index (χ1) is 22.1. The van der Waals surface area contributed by atoms with Crippen molar-refractivity contribution in [3.05, 3.63) is 70.2 Å². The molecule has 11 heteroatoms. The summed E-state index contributed by atoms with van der Waals surface area (Å²) < 4.78 is 11.7. The van der Waals surface area contributed by atoms with Gasteiger partial charge in [0, 0.05) is 31.7 Å². The highest BCUT2D eigenvalue weighted by atomic mass is 35.5. The van der Waals surface area contributed by atoms with E-state index in [0.717, 1.165) is 61.4 Å². The van der Waals surface area contributed by atoms with Crippen LogP contribution in [0.15, 0.2) is 48.5 Å². The van der Waals surface area contributed by atoms with Crippen LogP contribution >= 0.6 is 11.6 Å². The van der Waals surface area contributed by atoms with Crippen molar-refractivity contribution in [3.63, 3.8) is 0 Å². The lowest BCUT2D eigenvalue weighted by atomic mass is 9.85. The number of aromatic nitrogens is 2. The van der Waals surface area contributed by atoms with E-state index in [4.69, 9.17) is 21.1 Å². The van der Waals surface area contributed by atoms with Crippen molar-refractivity contribution in [2.45, 2.75) is 64.1 Å². The van der Waals surface area contributed by atoms with Crippen molar-refractivity contribution in [1.29, 1.82) is 0 Å². The molecular formula is C35H43ClN6O4. The fourth-order valence-electron chi connectivity index (χ4n) is 7.06. The molecule has 1 atom stereocenters. The maximum atomic E-state index is 13.8. The van der Waals surface area contributed by atoms with Gasteiger partial charge in [0.1, 0.15) is 0 Å². The van der Waals surface area contributed by atoms with Crippen molar-refractivity contribution in [2.24, 2.45) is 5.92 Å². The van der Waals surface area contributed by atoms with Crippen LogP contribution in [0, 0.1) is 5.92 Å². The highest BCUT2D eigenvalue weighted by Crippen LogP contribution is 2.43. The topological polar surface area (TPSA) is 91.3 Å². The van der Waals surface area contributed by atoms with Crippen LogP contribution in [0.25, 0.3) is 0 Å². The van der Waals surface area contributed by atoms with Crippen LogP contribution in [0.5, 0.6) is 11.5 Å². The molecule has 1 aliphatic carbocycles. The highest BCUT2D eigenvalue weighted by Gasteiger charge is 2.37. The molecule has 2 aromatic carbocycles. The average molecular weight is 647 g/mol. The van der Waals surface area contributed by atoms with Crippen LogP contribution in [0.3, 0.4) is 0 Å². The smallest absolute Gasteiger partial charge is 0.237 e. The second kappa shape index (κ2) is 13.5. The molecule has 244 valence electrons. The summed E-state index contributed by atoms with van der Waals surface area (Å²) in [5.41, 5.74) is 2.74. The minimum Gasteiger partial charge on any atom is -0.493 e. The quantitative estimate of drug-likeness (QED) is 0.308. The van der Waals surface area contributed by atoms with Gasteiger partial charge in [-0.1, -0.05) is 23.7 Å². The zero-order valence-corrected chi connectivity index (χ0v) is 28.0. The second-order valence-electron chi connectivity index (χ2n) is 13.0. The molecule has 10 nitrogen and oxygen atoms in total. The molecule has 46 heavy (non-hydrogen) atoms. The van der Waals surface area contributed by atoms with Crippen LogP contribution in [0.1, 0.15) is 62.3 Å². The maximum absolute atomic E-state index is 13.8. The SMILES string of the molecule is COc1cc2c(cc1OC(C)C)C(c1ccc(Cl)cc1)N(c1ccc(N(C)CC3CCC(N4CC(=O)N(C)C4)CC3)nn1)C(=O)C2. The Hall–Kier alpha value is -3.89.